The van der Waals surface area contributed by atoms with E-state index in [0.29, 0.717) is 0 Å². The predicted molar refractivity (Wildman–Crippen MR) is 82.1 cm³/mol. The topological polar surface area (TPSA) is 21.1 Å². The van der Waals surface area contributed by atoms with Gasteiger partial charge < -0.3 is 4.90 Å². The molecule has 3 heteroatoms. The number of nitrogens with zero attached hydrogens (tertiary/aromatic N) is 3. The van der Waals surface area contributed by atoms with E-state index in [9.17, 15) is 0 Å². The highest BCUT2D eigenvalue weighted by atomic mass is 15.3. The molecule has 1 aromatic heterocycles. The quantitative estimate of drug-likeness (QED) is 0.718. The minimum atomic E-state index is 0.838. The van der Waals surface area contributed by atoms with Gasteiger partial charge in [-0.3, -0.25) is 4.57 Å². The van der Waals surface area contributed by atoms with Gasteiger partial charge in [-0.2, -0.15) is 0 Å². The van der Waals surface area contributed by atoms with E-state index < -0.39 is 0 Å². The fourth-order valence-corrected chi connectivity index (χ4v) is 2.30. The van der Waals surface area contributed by atoms with Gasteiger partial charge in [-0.1, -0.05) is 48.5 Å². The Kier molecular flexibility index (Phi) is 3.50. The second-order valence-corrected chi connectivity index (χ2v) is 4.77. The van der Waals surface area contributed by atoms with Crippen LogP contribution in [0.4, 0.5) is 5.95 Å². The molecule has 3 nitrogen and oxygen atoms in total. The first-order valence-electron chi connectivity index (χ1n) is 6.68. The summed E-state index contributed by atoms with van der Waals surface area (Å²) in [6.07, 6.45) is 3.83. The highest BCUT2D eigenvalue weighted by Gasteiger charge is 2.09. The van der Waals surface area contributed by atoms with Crippen molar-refractivity contribution in [2.24, 2.45) is 0 Å². The molecule has 0 radical (unpaired) electrons. The maximum atomic E-state index is 4.48. The number of hydrogen-bond acceptors (Lipinski definition) is 2. The van der Waals surface area contributed by atoms with E-state index in [2.05, 4.69) is 57.9 Å². The van der Waals surface area contributed by atoms with Crippen molar-refractivity contribution >= 4 is 5.95 Å². The lowest BCUT2D eigenvalue weighted by atomic mass is 10.2. The Morgan fingerprint density at radius 3 is 2.30 bits per heavy atom. The van der Waals surface area contributed by atoms with E-state index in [1.54, 1.807) is 0 Å². The van der Waals surface area contributed by atoms with Crippen LogP contribution < -0.4 is 4.90 Å². The molecule has 0 fully saturated rings. The second kappa shape index (κ2) is 5.61. The van der Waals surface area contributed by atoms with Crippen LogP contribution in [-0.4, -0.2) is 16.6 Å². The molecule has 0 spiro atoms. The van der Waals surface area contributed by atoms with Crippen LogP contribution in [0.5, 0.6) is 0 Å². The van der Waals surface area contributed by atoms with E-state index in [-0.39, 0.29) is 0 Å². The molecule has 0 saturated carbocycles. The third kappa shape index (κ3) is 2.57. The van der Waals surface area contributed by atoms with E-state index in [4.69, 9.17) is 0 Å². The number of hydrogen-bond donors (Lipinski definition) is 0. The summed E-state index contributed by atoms with van der Waals surface area (Å²) in [5, 5.41) is 0. The number of anilines is 1. The van der Waals surface area contributed by atoms with Gasteiger partial charge in [0.15, 0.2) is 0 Å². The zero-order chi connectivity index (χ0) is 13.8. The first-order chi connectivity index (χ1) is 9.84. The van der Waals surface area contributed by atoms with Crippen LogP contribution in [0.1, 0.15) is 5.56 Å². The molecule has 100 valence electrons. The van der Waals surface area contributed by atoms with Crippen molar-refractivity contribution in [2.45, 2.75) is 6.54 Å². The fourth-order valence-electron chi connectivity index (χ4n) is 2.30. The minimum absolute atomic E-state index is 0.838. The van der Waals surface area contributed by atoms with Gasteiger partial charge in [-0.05, 0) is 17.7 Å². The van der Waals surface area contributed by atoms with Gasteiger partial charge in [-0.25, -0.2) is 4.98 Å². The molecule has 0 aliphatic heterocycles. The van der Waals surface area contributed by atoms with Gasteiger partial charge >= 0.3 is 0 Å². The number of benzene rings is 2. The molecule has 3 aromatic rings. The molecule has 0 aliphatic carbocycles. The fraction of sp³-hybridized carbons (Fsp3) is 0.118. The van der Waals surface area contributed by atoms with E-state index in [1.807, 2.05) is 36.7 Å². The predicted octanol–water partition coefficient (Wildman–Crippen LogP) is 3.51. The average Bonchev–Trinajstić information content (AvgIpc) is 2.99. The van der Waals surface area contributed by atoms with Crippen LogP contribution in [0.3, 0.4) is 0 Å². The van der Waals surface area contributed by atoms with Gasteiger partial charge in [0.05, 0.1) is 0 Å². The number of para-hydroxylation sites is 1. The summed E-state index contributed by atoms with van der Waals surface area (Å²) in [7, 11) is 2.06. The number of imidazole rings is 1. The van der Waals surface area contributed by atoms with Gasteiger partial charge in [0.1, 0.15) is 0 Å². The maximum Gasteiger partial charge on any atom is 0.210 e. The van der Waals surface area contributed by atoms with Gasteiger partial charge in [-0.15, -0.1) is 0 Å². The van der Waals surface area contributed by atoms with Gasteiger partial charge in [0.25, 0.3) is 0 Å². The molecule has 0 unspecified atom stereocenters. The van der Waals surface area contributed by atoms with Gasteiger partial charge in [0, 0.05) is 31.7 Å². The van der Waals surface area contributed by atoms with Crippen LogP contribution in [0, 0.1) is 0 Å². The standard InChI is InChI=1S/C17H17N3/c1-19(14-15-8-4-2-5-9-15)17-18-12-13-20(17)16-10-6-3-7-11-16/h2-13H,14H2,1H3. The second-order valence-electron chi connectivity index (χ2n) is 4.77. The highest BCUT2D eigenvalue weighted by Crippen LogP contribution is 2.18. The zero-order valence-corrected chi connectivity index (χ0v) is 11.5. The van der Waals surface area contributed by atoms with Crippen molar-refractivity contribution in [3.8, 4) is 5.69 Å². The first kappa shape index (κ1) is 12.5. The minimum Gasteiger partial charge on any atom is -0.341 e. The van der Waals surface area contributed by atoms with E-state index in [0.717, 1.165) is 18.2 Å². The monoisotopic (exact) mass is 263 g/mol. The summed E-state index contributed by atoms with van der Waals surface area (Å²) in [6.45, 7) is 0.838. The molecule has 2 aromatic carbocycles. The zero-order valence-electron chi connectivity index (χ0n) is 11.5. The summed E-state index contributed by atoms with van der Waals surface area (Å²) >= 11 is 0. The third-order valence-corrected chi connectivity index (χ3v) is 3.26. The van der Waals surface area contributed by atoms with Crippen LogP contribution in [-0.2, 0) is 6.54 Å². The van der Waals surface area contributed by atoms with Crippen LogP contribution in [0.15, 0.2) is 73.1 Å². The van der Waals surface area contributed by atoms with Crippen molar-refractivity contribution in [1.82, 2.24) is 9.55 Å². The molecule has 0 amide bonds. The number of rotatable bonds is 4. The molecule has 20 heavy (non-hydrogen) atoms. The van der Waals surface area contributed by atoms with Crippen molar-refractivity contribution in [3.63, 3.8) is 0 Å². The Morgan fingerprint density at radius 2 is 1.60 bits per heavy atom. The molecule has 3 rings (SSSR count). The first-order valence-corrected chi connectivity index (χ1v) is 6.68. The van der Waals surface area contributed by atoms with Crippen molar-refractivity contribution < 1.29 is 0 Å². The highest BCUT2D eigenvalue weighted by molar-refractivity contribution is 5.43. The largest absolute Gasteiger partial charge is 0.341 e. The lowest BCUT2D eigenvalue weighted by Crippen LogP contribution is -2.20. The molecule has 1 heterocycles. The Balaban J connectivity index is 1.86. The molecule has 0 N–H and O–H groups in total. The molecular formula is C17H17N3. The van der Waals surface area contributed by atoms with Crippen molar-refractivity contribution in [2.75, 3.05) is 11.9 Å². The van der Waals surface area contributed by atoms with Crippen LogP contribution >= 0.6 is 0 Å². The van der Waals surface area contributed by atoms with E-state index >= 15 is 0 Å². The summed E-state index contributed by atoms with van der Waals surface area (Å²) in [6, 6.07) is 20.7. The van der Waals surface area contributed by atoms with Crippen LogP contribution in [0.2, 0.25) is 0 Å². The lowest BCUT2D eigenvalue weighted by Gasteiger charge is -2.19. The summed E-state index contributed by atoms with van der Waals surface area (Å²) < 4.78 is 2.10. The Hall–Kier alpha value is -2.55. The normalized spacial score (nSPS) is 10.4. The smallest absolute Gasteiger partial charge is 0.210 e. The average molecular weight is 263 g/mol. The Morgan fingerprint density at radius 1 is 0.950 bits per heavy atom. The Labute approximate surface area is 119 Å². The molecule has 0 bridgehead atoms. The maximum absolute atomic E-state index is 4.48. The molecule has 0 aliphatic rings. The molecule has 0 saturated heterocycles. The van der Waals surface area contributed by atoms with E-state index in [1.165, 1.54) is 5.56 Å². The summed E-state index contributed by atoms with van der Waals surface area (Å²) in [5.74, 6) is 0.944. The summed E-state index contributed by atoms with van der Waals surface area (Å²) in [5.41, 5.74) is 2.40. The summed E-state index contributed by atoms with van der Waals surface area (Å²) in [4.78, 5) is 6.63. The third-order valence-electron chi connectivity index (χ3n) is 3.26. The molecule has 0 atom stereocenters. The van der Waals surface area contributed by atoms with Crippen LogP contribution in [0.25, 0.3) is 5.69 Å². The SMILES string of the molecule is CN(Cc1ccccc1)c1nccn1-c1ccccc1. The van der Waals surface area contributed by atoms with Crippen molar-refractivity contribution in [1.29, 1.82) is 0 Å². The molecular weight excluding hydrogens is 246 g/mol. The Bertz CT molecular complexity index is 659. The lowest BCUT2D eigenvalue weighted by molar-refractivity contribution is 0.848. The van der Waals surface area contributed by atoms with Gasteiger partial charge in [0.2, 0.25) is 5.95 Å². The van der Waals surface area contributed by atoms with Crippen molar-refractivity contribution in [3.05, 3.63) is 78.6 Å². The number of aromatic nitrogens is 2.